The monoisotopic (exact) mass is 342 g/mol. The maximum atomic E-state index is 12.9. The van der Waals surface area contributed by atoms with Crippen LogP contribution in [0.5, 0.6) is 0 Å². The summed E-state index contributed by atoms with van der Waals surface area (Å²) in [6.45, 7) is 2.28. The van der Waals surface area contributed by atoms with Crippen molar-refractivity contribution in [1.82, 2.24) is 19.6 Å². The molecule has 1 aliphatic rings. The molecule has 1 saturated heterocycles. The third kappa shape index (κ3) is 4.46. The van der Waals surface area contributed by atoms with Crippen LogP contribution in [0.15, 0.2) is 42.7 Å². The van der Waals surface area contributed by atoms with Gasteiger partial charge in [-0.2, -0.15) is 5.10 Å². The molecule has 2 heterocycles. The quantitative estimate of drug-likeness (QED) is 0.894. The van der Waals surface area contributed by atoms with Crippen LogP contribution in [-0.2, 0) is 6.54 Å². The standard InChI is InChI=1S/C19H26N4O2/c1-21(2)14-19(25)8-4-10-22(15-19)18(24)17-7-3-6-16(12-17)13-23-11-5-9-20-23/h3,5-7,9,11-12,25H,4,8,10,13-15H2,1-2H3. The Balaban J connectivity index is 1.72. The van der Waals surface area contributed by atoms with Crippen LogP contribution in [0.2, 0.25) is 0 Å². The summed E-state index contributed by atoms with van der Waals surface area (Å²) >= 11 is 0. The number of aromatic nitrogens is 2. The number of hydrogen-bond donors (Lipinski definition) is 1. The van der Waals surface area contributed by atoms with Gasteiger partial charge in [0.25, 0.3) is 5.91 Å². The third-order valence-electron chi connectivity index (χ3n) is 4.53. The number of nitrogens with zero attached hydrogens (tertiary/aromatic N) is 4. The lowest BCUT2D eigenvalue weighted by Crippen LogP contribution is -2.54. The topological polar surface area (TPSA) is 61.6 Å². The minimum atomic E-state index is -0.829. The Morgan fingerprint density at radius 2 is 2.20 bits per heavy atom. The molecule has 134 valence electrons. The third-order valence-corrected chi connectivity index (χ3v) is 4.53. The minimum Gasteiger partial charge on any atom is -0.387 e. The van der Waals surface area contributed by atoms with Crippen molar-refractivity contribution in [3.8, 4) is 0 Å². The number of carbonyl (C=O) groups excluding carboxylic acids is 1. The summed E-state index contributed by atoms with van der Waals surface area (Å²) in [4.78, 5) is 16.7. The zero-order chi connectivity index (χ0) is 17.9. The van der Waals surface area contributed by atoms with Gasteiger partial charge < -0.3 is 14.9 Å². The van der Waals surface area contributed by atoms with Gasteiger partial charge in [0.15, 0.2) is 0 Å². The van der Waals surface area contributed by atoms with Crippen molar-refractivity contribution in [2.24, 2.45) is 0 Å². The van der Waals surface area contributed by atoms with E-state index in [1.165, 1.54) is 0 Å². The Hall–Kier alpha value is -2.18. The smallest absolute Gasteiger partial charge is 0.253 e. The molecule has 1 fully saturated rings. The number of likely N-dealkylation sites (N-methyl/N-ethyl adjacent to an activating group) is 1. The molecular formula is C19H26N4O2. The van der Waals surface area contributed by atoms with Crippen LogP contribution < -0.4 is 0 Å². The van der Waals surface area contributed by atoms with Crippen LogP contribution >= 0.6 is 0 Å². The lowest BCUT2D eigenvalue weighted by atomic mass is 9.92. The van der Waals surface area contributed by atoms with Crippen LogP contribution in [0.3, 0.4) is 0 Å². The van der Waals surface area contributed by atoms with E-state index in [4.69, 9.17) is 0 Å². The Morgan fingerprint density at radius 1 is 1.36 bits per heavy atom. The van der Waals surface area contributed by atoms with Gasteiger partial charge in [-0.05, 0) is 50.7 Å². The molecule has 1 aliphatic heterocycles. The molecule has 1 atom stereocenters. The number of benzene rings is 1. The van der Waals surface area contributed by atoms with Crippen molar-refractivity contribution in [3.05, 3.63) is 53.9 Å². The first-order valence-corrected chi connectivity index (χ1v) is 8.68. The highest BCUT2D eigenvalue weighted by Crippen LogP contribution is 2.23. The van der Waals surface area contributed by atoms with E-state index >= 15 is 0 Å². The van der Waals surface area contributed by atoms with E-state index in [-0.39, 0.29) is 5.91 Å². The molecule has 1 N–H and O–H groups in total. The van der Waals surface area contributed by atoms with Gasteiger partial charge in [-0.15, -0.1) is 0 Å². The predicted octanol–water partition coefficient (Wildman–Crippen LogP) is 1.46. The zero-order valence-corrected chi connectivity index (χ0v) is 14.9. The van der Waals surface area contributed by atoms with E-state index < -0.39 is 5.60 Å². The molecule has 0 aliphatic carbocycles. The number of amides is 1. The Labute approximate surface area is 148 Å². The lowest BCUT2D eigenvalue weighted by molar-refractivity contribution is -0.0391. The van der Waals surface area contributed by atoms with Crippen LogP contribution in [0.25, 0.3) is 0 Å². The van der Waals surface area contributed by atoms with E-state index in [0.717, 1.165) is 18.4 Å². The molecule has 6 heteroatoms. The van der Waals surface area contributed by atoms with Crippen LogP contribution in [-0.4, -0.2) is 69.9 Å². The molecule has 2 aromatic rings. The highest BCUT2D eigenvalue weighted by molar-refractivity contribution is 5.94. The molecule has 0 radical (unpaired) electrons. The Bertz CT molecular complexity index is 714. The summed E-state index contributed by atoms with van der Waals surface area (Å²) in [5.41, 5.74) is 0.873. The van der Waals surface area contributed by atoms with Gasteiger partial charge in [-0.3, -0.25) is 9.48 Å². The second-order valence-corrected chi connectivity index (χ2v) is 7.20. The Morgan fingerprint density at radius 3 is 2.92 bits per heavy atom. The summed E-state index contributed by atoms with van der Waals surface area (Å²) < 4.78 is 1.83. The lowest BCUT2D eigenvalue weighted by Gasteiger charge is -2.40. The van der Waals surface area contributed by atoms with E-state index in [2.05, 4.69) is 5.10 Å². The summed E-state index contributed by atoms with van der Waals surface area (Å²) in [7, 11) is 3.88. The van der Waals surface area contributed by atoms with Gasteiger partial charge in [-0.1, -0.05) is 12.1 Å². The van der Waals surface area contributed by atoms with Crippen LogP contribution in [0.1, 0.15) is 28.8 Å². The molecule has 0 saturated carbocycles. The first-order chi connectivity index (χ1) is 12.0. The fourth-order valence-corrected chi connectivity index (χ4v) is 3.57. The van der Waals surface area contributed by atoms with E-state index in [1.54, 1.807) is 11.1 Å². The van der Waals surface area contributed by atoms with E-state index in [9.17, 15) is 9.90 Å². The second-order valence-electron chi connectivity index (χ2n) is 7.20. The van der Waals surface area contributed by atoms with Crippen molar-refractivity contribution < 1.29 is 9.90 Å². The fraction of sp³-hybridized carbons (Fsp3) is 0.474. The summed E-state index contributed by atoms with van der Waals surface area (Å²) in [6, 6.07) is 9.55. The van der Waals surface area contributed by atoms with Crippen molar-refractivity contribution in [2.45, 2.75) is 25.0 Å². The maximum Gasteiger partial charge on any atom is 0.253 e. The first-order valence-electron chi connectivity index (χ1n) is 8.68. The number of rotatable bonds is 5. The molecule has 25 heavy (non-hydrogen) atoms. The number of aliphatic hydroxyl groups is 1. The predicted molar refractivity (Wildman–Crippen MR) is 96.4 cm³/mol. The van der Waals surface area contributed by atoms with Gasteiger partial charge in [0.2, 0.25) is 0 Å². The number of β-amino-alcohol motifs (C(OH)–C–C–N with tert-alkyl or cyclic N) is 1. The molecule has 1 unspecified atom stereocenters. The van der Waals surface area contributed by atoms with Gasteiger partial charge in [0, 0.05) is 31.0 Å². The molecule has 6 nitrogen and oxygen atoms in total. The Kier molecular flexibility index (Phi) is 5.20. The molecule has 1 aromatic heterocycles. The molecule has 0 bridgehead atoms. The van der Waals surface area contributed by atoms with Gasteiger partial charge in [0.1, 0.15) is 0 Å². The summed E-state index contributed by atoms with van der Waals surface area (Å²) in [6.07, 6.45) is 5.20. The first kappa shape index (κ1) is 17.6. The molecular weight excluding hydrogens is 316 g/mol. The summed E-state index contributed by atoms with van der Waals surface area (Å²) in [5, 5.41) is 15.0. The van der Waals surface area contributed by atoms with Crippen molar-refractivity contribution in [1.29, 1.82) is 0 Å². The number of piperidine rings is 1. The number of carbonyl (C=O) groups is 1. The highest BCUT2D eigenvalue weighted by Gasteiger charge is 2.35. The van der Waals surface area contributed by atoms with Crippen molar-refractivity contribution >= 4 is 5.91 Å². The average Bonchev–Trinajstić information content (AvgIpc) is 3.06. The van der Waals surface area contributed by atoms with Crippen LogP contribution in [0, 0.1) is 0 Å². The highest BCUT2D eigenvalue weighted by atomic mass is 16.3. The number of hydrogen-bond acceptors (Lipinski definition) is 4. The van der Waals surface area contributed by atoms with E-state index in [1.807, 2.05) is 60.2 Å². The molecule has 3 rings (SSSR count). The normalized spacial score (nSPS) is 20.9. The minimum absolute atomic E-state index is 0.0146. The molecule has 1 aromatic carbocycles. The maximum absolute atomic E-state index is 12.9. The molecule has 0 spiro atoms. The molecule has 1 amide bonds. The largest absolute Gasteiger partial charge is 0.387 e. The summed E-state index contributed by atoms with van der Waals surface area (Å²) in [5.74, 6) is -0.0146. The van der Waals surface area contributed by atoms with Crippen molar-refractivity contribution in [3.63, 3.8) is 0 Å². The fourth-order valence-electron chi connectivity index (χ4n) is 3.57. The van der Waals surface area contributed by atoms with Gasteiger partial charge in [-0.25, -0.2) is 0 Å². The van der Waals surface area contributed by atoms with Gasteiger partial charge in [0.05, 0.1) is 18.7 Å². The van der Waals surface area contributed by atoms with Crippen molar-refractivity contribution in [2.75, 3.05) is 33.7 Å². The van der Waals surface area contributed by atoms with Crippen LogP contribution in [0.4, 0.5) is 0 Å². The number of likely N-dealkylation sites (tertiary alicyclic amines) is 1. The average molecular weight is 342 g/mol. The second kappa shape index (κ2) is 7.37. The van der Waals surface area contributed by atoms with E-state index in [0.29, 0.717) is 31.7 Å². The SMILES string of the molecule is CN(C)CC1(O)CCCN(C(=O)c2cccc(Cn3cccn3)c2)C1. The zero-order valence-electron chi connectivity index (χ0n) is 14.9. The van der Waals surface area contributed by atoms with Gasteiger partial charge >= 0.3 is 0 Å².